The molecule has 0 unspecified atom stereocenters. The van der Waals surface area contributed by atoms with E-state index in [4.69, 9.17) is 4.74 Å². The van der Waals surface area contributed by atoms with E-state index in [1.165, 1.54) is 0 Å². The third kappa shape index (κ3) is 3.69. The number of carbonyl (C=O) groups excluding carboxylic acids is 1. The van der Waals surface area contributed by atoms with Crippen LogP contribution in [0.2, 0.25) is 0 Å². The van der Waals surface area contributed by atoms with Gasteiger partial charge >= 0.3 is 10.2 Å². The number of fused-ring (bicyclic) bond motifs is 1. The summed E-state index contributed by atoms with van der Waals surface area (Å²) in [5.74, 6) is 0.00422. The van der Waals surface area contributed by atoms with E-state index in [9.17, 15) is 13.2 Å². The second kappa shape index (κ2) is 9.16. The molecule has 1 aliphatic heterocycles. The summed E-state index contributed by atoms with van der Waals surface area (Å²) in [6.07, 6.45) is 1.71. The van der Waals surface area contributed by atoms with Crippen molar-refractivity contribution in [3.8, 4) is 5.75 Å². The maximum Gasteiger partial charge on any atom is 0.306 e. The third-order valence-electron chi connectivity index (χ3n) is 7.04. The van der Waals surface area contributed by atoms with E-state index in [0.717, 1.165) is 15.2 Å². The van der Waals surface area contributed by atoms with Crippen LogP contribution in [0.5, 0.6) is 5.75 Å². The molecule has 1 aromatic heterocycles. The topological polar surface area (TPSA) is 91.5 Å². The molecule has 1 aliphatic rings. The van der Waals surface area contributed by atoms with Crippen molar-refractivity contribution < 1.29 is 17.9 Å². The highest BCUT2D eigenvalue weighted by Gasteiger charge is 2.60. The van der Waals surface area contributed by atoms with Crippen molar-refractivity contribution in [2.24, 2.45) is 0 Å². The zero-order chi connectivity index (χ0) is 26.3. The molecule has 4 aromatic carbocycles. The van der Waals surface area contributed by atoms with Gasteiger partial charge < -0.3 is 9.72 Å². The Hall–Kier alpha value is -4.40. The molecule has 1 saturated heterocycles. The minimum Gasteiger partial charge on any atom is -0.497 e. The van der Waals surface area contributed by atoms with Crippen molar-refractivity contribution in [2.45, 2.75) is 11.6 Å². The van der Waals surface area contributed by atoms with Gasteiger partial charge in [0.2, 0.25) is 0 Å². The molecule has 190 valence electrons. The van der Waals surface area contributed by atoms with Gasteiger partial charge in [0.1, 0.15) is 5.75 Å². The molecule has 8 heteroatoms. The normalized spacial score (nSPS) is 18.8. The lowest BCUT2D eigenvalue weighted by Crippen LogP contribution is -2.45. The highest BCUT2D eigenvalue weighted by atomic mass is 32.2. The number of rotatable bonds is 6. The Bertz CT molecular complexity index is 1680. The van der Waals surface area contributed by atoms with Crippen LogP contribution in [0.1, 0.15) is 28.3 Å². The number of ether oxygens (including phenoxy) is 1. The second-order valence-electron chi connectivity index (χ2n) is 9.16. The molecule has 0 spiro atoms. The highest BCUT2D eigenvalue weighted by Crippen LogP contribution is 2.45. The van der Waals surface area contributed by atoms with Crippen molar-refractivity contribution in [3.05, 3.63) is 138 Å². The third-order valence-corrected chi connectivity index (χ3v) is 8.50. The predicted octanol–water partition coefficient (Wildman–Crippen LogP) is 4.89. The number of benzene rings is 4. The van der Waals surface area contributed by atoms with Crippen molar-refractivity contribution in [1.82, 2.24) is 14.0 Å². The molecule has 0 saturated carbocycles. The average molecular weight is 524 g/mol. The van der Waals surface area contributed by atoms with Crippen LogP contribution in [0.25, 0.3) is 10.9 Å². The zero-order valence-corrected chi connectivity index (χ0v) is 21.4. The summed E-state index contributed by atoms with van der Waals surface area (Å²) < 4.78 is 37.2. The van der Waals surface area contributed by atoms with E-state index in [1.54, 1.807) is 37.6 Å². The van der Waals surface area contributed by atoms with E-state index in [-0.39, 0.29) is 0 Å². The van der Waals surface area contributed by atoms with Gasteiger partial charge in [-0.05, 0) is 34.9 Å². The summed E-state index contributed by atoms with van der Waals surface area (Å²) in [5.41, 5.74) is 1.47. The first-order chi connectivity index (χ1) is 18.5. The molecule has 6 rings (SSSR count). The van der Waals surface area contributed by atoms with Gasteiger partial charge in [0, 0.05) is 22.7 Å². The SMILES string of the molecule is COc1ccc([C@]2(c3c[nH]c4ccccc34)NS(=O)(=O)N(C(c3ccccc3)c3ccccc3)C2=O)cc1. The summed E-state index contributed by atoms with van der Waals surface area (Å²) in [6, 6.07) is 31.9. The van der Waals surface area contributed by atoms with E-state index < -0.39 is 27.7 Å². The molecule has 0 bridgehead atoms. The van der Waals surface area contributed by atoms with Crippen molar-refractivity contribution in [3.63, 3.8) is 0 Å². The van der Waals surface area contributed by atoms with Gasteiger partial charge in [-0.3, -0.25) is 4.79 Å². The number of nitrogens with one attached hydrogen (secondary N) is 2. The lowest BCUT2D eigenvalue weighted by molar-refractivity contribution is -0.130. The Morgan fingerprint density at radius 3 is 1.97 bits per heavy atom. The first-order valence-corrected chi connectivity index (χ1v) is 13.6. The summed E-state index contributed by atoms with van der Waals surface area (Å²) in [5, 5.41) is 0.747. The van der Waals surface area contributed by atoms with E-state index in [1.807, 2.05) is 84.9 Å². The number of hydrogen-bond donors (Lipinski definition) is 2. The molecule has 1 amide bonds. The first kappa shape index (κ1) is 24.0. The van der Waals surface area contributed by atoms with Gasteiger partial charge in [0.15, 0.2) is 5.54 Å². The summed E-state index contributed by atoms with van der Waals surface area (Å²) in [7, 11) is -2.75. The molecule has 5 aromatic rings. The lowest BCUT2D eigenvalue weighted by atomic mass is 9.82. The quantitative estimate of drug-likeness (QED) is 0.332. The van der Waals surface area contributed by atoms with Crippen molar-refractivity contribution >= 4 is 27.0 Å². The molecular weight excluding hydrogens is 498 g/mol. The van der Waals surface area contributed by atoms with Crippen molar-refractivity contribution in [1.29, 1.82) is 0 Å². The van der Waals surface area contributed by atoms with Gasteiger partial charge in [-0.15, -0.1) is 0 Å². The van der Waals surface area contributed by atoms with Crippen LogP contribution in [0.15, 0.2) is 115 Å². The number of carbonyl (C=O) groups is 1. The van der Waals surface area contributed by atoms with Gasteiger partial charge in [-0.25, -0.2) is 4.31 Å². The predicted molar refractivity (Wildman–Crippen MR) is 146 cm³/mol. The molecule has 7 nitrogen and oxygen atoms in total. The number of amides is 1. The fourth-order valence-electron chi connectivity index (χ4n) is 5.28. The minimum absolute atomic E-state index is 0.485. The van der Waals surface area contributed by atoms with Crippen LogP contribution in [0.4, 0.5) is 0 Å². The molecule has 1 fully saturated rings. The Morgan fingerprint density at radius 2 is 1.37 bits per heavy atom. The maximum absolute atomic E-state index is 14.8. The maximum atomic E-state index is 14.8. The number of para-hydroxylation sites is 1. The minimum atomic E-state index is -4.31. The molecule has 2 N–H and O–H groups in total. The average Bonchev–Trinajstić information content (AvgIpc) is 3.48. The van der Waals surface area contributed by atoms with Crippen LogP contribution in [0.3, 0.4) is 0 Å². The number of aromatic amines is 1. The number of H-pyrrole nitrogens is 1. The van der Waals surface area contributed by atoms with Gasteiger partial charge in [0.25, 0.3) is 5.91 Å². The summed E-state index contributed by atoms with van der Waals surface area (Å²) in [6.45, 7) is 0. The number of nitrogens with zero attached hydrogens (tertiary/aromatic N) is 1. The molecule has 0 radical (unpaired) electrons. The largest absolute Gasteiger partial charge is 0.497 e. The van der Waals surface area contributed by atoms with E-state index >= 15 is 0 Å². The smallest absolute Gasteiger partial charge is 0.306 e. The number of hydrogen-bond acceptors (Lipinski definition) is 4. The van der Waals surface area contributed by atoms with E-state index in [0.29, 0.717) is 28.0 Å². The molecule has 2 heterocycles. The number of methoxy groups -OCH3 is 1. The Labute approximate surface area is 220 Å². The van der Waals surface area contributed by atoms with Crippen LogP contribution >= 0.6 is 0 Å². The van der Waals surface area contributed by atoms with Crippen LogP contribution in [0, 0.1) is 0 Å². The van der Waals surface area contributed by atoms with Crippen LogP contribution in [-0.4, -0.2) is 30.7 Å². The second-order valence-corrected chi connectivity index (χ2v) is 10.7. The molecule has 0 aliphatic carbocycles. The van der Waals surface area contributed by atoms with Gasteiger partial charge in [0.05, 0.1) is 13.2 Å². The Morgan fingerprint density at radius 1 is 0.789 bits per heavy atom. The highest BCUT2D eigenvalue weighted by molar-refractivity contribution is 7.88. The summed E-state index contributed by atoms with van der Waals surface area (Å²) >= 11 is 0. The van der Waals surface area contributed by atoms with Gasteiger partial charge in [-0.1, -0.05) is 91.0 Å². The summed E-state index contributed by atoms with van der Waals surface area (Å²) in [4.78, 5) is 18.0. The Balaban J connectivity index is 1.62. The molecule has 1 atom stereocenters. The fourth-order valence-corrected chi connectivity index (χ4v) is 6.96. The first-order valence-electron chi connectivity index (χ1n) is 12.1. The van der Waals surface area contributed by atoms with Crippen LogP contribution in [-0.2, 0) is 20.5 Å². The van der Waals surface area contributed by atoms with E-state index in [2.05, 4.69) is 9.71 Å². The fraction of sp³-hybridized carbons (Fsp3) is 0.100. The standard InChI is InChI=1S/C30H25N3O4S/c1-37-24-18-16-23(17-19-24)30(26-20-31-27-15-9-8-14-25(26)27)29(34)33(38(35,36)32-30)28(21-10-4-2-5-11-21)22-12-6-3-7-13-22/h2-20,28,31-32H,1H3/t30-/m1/s1. The zero-order valence-electron chi connectivity index (χ0n) is 20.5. The molecule has 38 heavy (non-hydrogen) atoms. The molecular formula is C30H25N3O4S. The lowest BCUT2D eigenvalue weighted by Gasteiger charge is -2.30. The van der Waals surface area contributed by atoms with Crippen LogP contribution < -0.4 is 9.46 Å². The monoisotopic (exact) mass is 523 g/mol. The van der Waals surface area contributed by atoms with Crippen molar-refractivity contribution in [2.75, 3.05) is 7.11 Å². The number of aromatic nitrogens is 1. The van der Waals surface area contributed by atoms with Gasteiger partial charge in [-0.2, -0.15) is 13.1 Å². The Kier molecular flexibility index (Phi) is 5.78.